The molecule has 7 nitrogen and oxygen atoms in total. The number of nitrogens with zero attached hydrogens (tertiary/aromatic N) is 3. The number of aryl methyl sites for hydroxylation is 3. The van der Waals surface area contributed by atoms with E-state index in [9.17, 15) is 9.59 Å². The Morgan fingerprint density at radius 1 is 1.06 bits per heavy atom. The summed E-state index contributed by atoms with van der Waals surface area (Å²) in [5, 5.41) is 7.55. The zero-order valence-corrected chi connectivity index (χ0v) is 17.6. The first-order valence-electron chi connectivity index (χ1n) is 10.6. The van der Waals surface area contributed by atoms with Crippen molar-refractivity contribution in [1.82, 2.24) is 19.7 Å². The van der Waals surface area contributed by atoms with Crippen LogP contribution in [0.5, 0.6) is 0 Å². The van der Waals surface area contributed by atoms with E-state index in [1.807, 2.05) is 60.1 Å². The standard InChI is InChI=1S/C24H26N4O3/c1-18-19(17-28(26-18)20-10-3-2-4-11-20)9-7-15-25-23(29)14-8-16-27-21-12-5-6-13-22(21)31-24(27)30/h2-6,10-13,17H,7-9,14-16H2,1H3,(H,25,29). The minimum Gasteiger partial charge on any atom is -0.408 e. The molecule has 1 N–H and O–H groups in total. The normalized spacial score (nSPS) is 11.1. The summed E-state index contributed by atoms with van der Waals surface area (Å²) in [6.45, 7) is 3.08. The second kappa shape index (κ2) is 9.47. The number of hydrogen-bond acceptors (Lipinski definition) is 4. The van der Waals surface area contributed by atoms with Crippen molar-refractivity contribution >= 4 is 17.0 Å². The van der Waals surface area contributed by atoms with Gasteiger partial charge < -0.3 is 9.73 Å². The van der Waals surface area contributed by atoms with E-state index in [0.717, 1.165) is 29.7 Å². The molecule has 4 rings (SSSR count). The predicted octanol–water partition coefficient (Wildman–Crippen LogP) is 3.62. The summed E-state index contributed by atoms with van der Waals surface area (Å²) in [7, 11) is 0. The number of fused-ring (bicyclic) bond motifs is 1. The van der Waals surface area contributed by atoms with Crippen molar-refractivity contribution in [2.75, 3.05) is 6.54 Å². The van der Waals surface area contributed by atoms with Gasteiger partial charge in [-0.2, -0.15) is 5.10 Å². The van der Waals surface area contributed by atoms with E-state index in [1.54, 1.807) is 10.6 Å². The maximum Gasteiger partial charge on any atom is 0.419 e. The minimum atomic E-state index is -0.381. The Morgan fingerprint density at radius 3 is 2.68 bits per heavy atom. The van der Waals surface area contributed by atoms with Gasteiger partial charge in [-0.05, 0) is 56.0 Å². The molecule has 0 aliphatic carbocycles. The number of benzene rings is 2. The molecule has 31 heavy (non-hydrogen) atoms. The molecule has 0 saturated carbocycles. The third kappa shape index (κ3) is 4.94. The number of rotatable bonds is 9. The van der Waals surface area contributed by atoms with Crippen molar-refractivity contribution in [3.63, 3.8) is 0 Å². The molecule has 2 aromatic carbocycles. The third-order valence-electron chi connectivity index (χ3n) is 5.33. The molecule has 2 aromatic heterocycles. The third-order valence-corrected chi connectivity index (χ3v) is 5.33. The molecule has 0 aliphatic heterocycles. The predicted molar refractivity (Wildman–Crippen MR) is 119 cm³/mol. The van der Waals surface area contributed by atoms with E-state index >= 15 is 0 Å². The van der Waals surface area contributed by atoms with Crippen molar-refractivity contribution in [1.29, 1.82) is 0 Å². The molecule has 0 atom stereocenters. The van der Waals surface area contributed by atoms with Gasteiger partial charge in [0.15, 0.2) is 5.58 Å². The van der Waals surface area contributed by atoms with Gasteiger partial charge in [0.05, 0.1) is 16.9 Å². The van der Waals surface area contributed by atoms with Crippen LogP contribution in [0.25, 0.3) is 16.8 Å². The van der Waals surface area contributed by atoms with Gasteiger partial charge in [0.1, 0.15) is 0 Å². The Labute approximate surface area is 180 Å². The van der Waals surface area contributed by atoms with E-state index in [-0.39, 0.29) is 11.7 Å². The van der Waals surface area contributed by atoms with Gasteiger partial charge in [-0.3, -0.25) is 9.36 Å². The molecule has 2 heterocycles. The number of amides is 1. The Hall–Kier alpha value is -3.61. The molecule has 1 amide bonds. The molecule has 0 unspecified atom stereocenters. The molecular weight excluding hydrogens is 392 g/mol. The topological polar surface area (TPSA) is 82.1 Å². The minimum absolute atomic E-state index is 0.00227. The summed E-state index contributed by atoms with van der Waals surface area (Å²) in [6, 6.07) is 17.3. The highest BCUT2D eigenvalue weighted by atomic mass is 16.4. The number of hydrogen-bond donors (Lipinski definition) is 1. The van der Waals surface area contributed by atoms with Crippen molar-refractivity contribution < 1.29 is 9.21 Å². The molecule has 0 aliphatic rings. The lowest BCUT2D eigenvalue weighted by atomic mass is 10.1. The van der Waals surface area contributed by atoms with E-state index in [1.165, 1.54) is 5.56 Å². The van der Waals surface area contributed by atoms with Crippen molar-refractivity contribution in [2.24, 2.45) is 0 Å². The zero-order valence-electron chi connectivity index (χ0n) is 17.6. The zero-order chi connectivity index (χ0) is 21.6. The van der Waals surface area contributed by atoms with Crippen molar-refractivity contribution in [3.05, 3.63) is 82.6 Å². The molecule has 160 valence electrons. The van der Waals surface area contributed by atoms with Crippen LogP contribution < -0.4 is 11.1 Å². The van der Waals surface area contributed by atoms with E-state index in [2.05, 4.69) is 16.6 Å². The summed E-state index contributed by atoms with van der Waals surface area (Å²) in [6.07, 6.45) is 4.71. The summed E-state index contributed by atoms with van der Waals surface area (Å²) in [5.74, 6) is -0.384. The highest BCUT2D eigenvalue weighted by Crippen LogP contribution is 2.14. The van der Waals surface area contributed by atoms with E-state index in [0.29, 0.717) is 31.5 Å². The SMILES string of the molecule is Cc1nn(-c2ccccc2)cc1CCCNC(=O)CCCn1c(=O)oc2ccccc21. The lowest BCUT2D eigenvalue weighted by molar-refractivity contribution is -0.121. The summed E-state index contributed by atoms with van der Waals surface area (Å²) < 4.78 is 8.69. The monoisotopic (exact) mass is 418 g/mol. The summed E-state index contributed by atoms with van der Waals surface area (Å²) in [4.78, 5) is 24.1. The van der Waals surface area contributed by atoms with Crippen LogP contribution >= 0.6 is 0 Å². The van der Waals surface area contributed by atoms with Gasteiger partial charge in [0.25, 0.3) is 0 Å². The van der Waals surface area contributed by atoms with Crippen LogP contribution in [0.1, 0.15) is 30.5 Å². The number of carbonyl (C=O) groups is 1. The number of nitrogens with one attached hydrogen (secondary N) is 1. The molecule has 0 fully saturated rings. The van der Waals surface area contributed by atoms with E-state index < -0.39 is 0 Å². The average Bonchev–Trinajstić information content (AvgIpc) is 3.31. The molecule has 0 bridgehead atoms. The fraction of sp³-hybridized carbons (Fsp3) is 0.292. The van der Waals surface area contributed by atoms with Gasteiger partial charge in [-0.1, -0.05) is 30.3 Å². The van der Waals surface area contributed by atoms with Crippen LogP contribution in [0.15, 0.2) is 70.0 Å². The second-order valence-electron chi connectivity index (χ2n) is 7.56. The van der Waals surface area contributed by atoms with E-state index in [4.69, 9.17) is 4.42 Å². The average molecular weight is 418 g/mol. The molecule has 4 aromatic rings. The highest BCUT2D eigenvalue weighted by Gasteiger charge is 2.10. The van der Waals surface area contributed by atoms with Gasteiger partial charge in [-0.25, -0.2) is 9.48 Å². The molecule has 0 saturated heterocycles. The van der Waals surface area contributed by atoms with Gasteiger partial charge >= 0.3 is 5.76 Å². The molecule has 0 radical (unpaired) electrons. The smallest absolute Gasteiger partial charge is 0.408 e. The van der Waals surface area contributed by atoms with Crippen LogP contribution in [-0.4, -0.2) is 26.8 Å². The van der Waals surface area contributed by atoms with Crippen molar-refractivity contribution in [3.8, 4) is 5.69 Å². The quantitative estimate of drug-likeness (QED) is 0.421. The van der Waals surface area contributed by atoms with Crippen LogP contribution in [0.3, 0.4) is 0 Å². The Morgan fingerprint density at radius 2 is 1.84 bits per heavy atom. The van der Waals surface area contributed by atoms with Crippen molar-refractivity contribution in [2.45, 2.75) is 39.2 Å². The van der Waals surface area contributed by atoms with Crippen LogP contribution in [0.2, 0.25) is 0 Å². The molecule has 0 spiro atoms. The van der Waals surface area contributed by atoms with Crippen LogP contribution in [0, 0.1) is 6.92 Å². The molecule has 7 heteroatoms. The fourth-order valence-electron chi connectivity index (χ4n) is 3.67. The lowest BCUT2D eigenvalue weighted by Gasteiger charge is -2.05. The lowest BCUT2D eigenvalue weighted by Crippen LogP contribution is -2.25. The van der Waals surface area contributed by atoms with Gasteiger partial charge in [-0.15, -0.1) is 0 Å². The van der Waals surface area contributed by atoms with Crippen LogP contribution in [-0.2, 0) is 17.8 Å². The number of aromatic nitrogens is 3. The number of carbonyl (C=O) groups excluding carboxylic acids is 1. The summed E-state index contributed by atoms with van der Waals surface area (Å²) in [5.41, 5.74) is 4.56. The number of para-hydroxylation sites is 3. The first-order valence-corrected chi connectivity index (χ1v) is 10.6. The van der Waals surface area contributed by atoms with Crippen LogP contribution in [0.4, 0.5) is 0 Å². The first kappa shape index (κ1) is 20.7. The largest absolute Gasteiger partial charge is 0.419 e. The fourth-order valence-corrected chi connectivity index (χ4v) is 3.67. The molecular formula is C24H26N4O3. The Kier molecular flexibility index (Phi) is 6.31. The second-order valence-corrected chi connectivity index (χ2v) is 7.56. The van der Waals surface area contributed by atoms with Gasteiger partial charge in [0, 0.05) is 25.7 Å². The van der Waals surface area contributed by atoms with Gasteiger partial charge in [0.2, 0.25) is 5.91 Å². The maximum absolute atomic E-state index is 12.1. The Balaban J connectivity index is 1.20. The maximum atomic E-state index is 12.1. The first-order chi connectivity index (χ1) is 15.1. The number of oxazole rings is 1. The highest BCUT2D eigenvalue weighted by molar-refractivity contribution is 5.76. The summed E-state index contributed by atoms with van der Waals surface area (Å²) >= 11 is 0. The Bertz CT molecular complexity index is 1220.